The minimum atomic E-state index is -0.193. The van der Waals surface area contributed by atoms with E-state index in [4.69, 9.17) is 9.72 Å². The molecule has 4 aromatic rings. The summed E-state index contributed by atoms with van der Waals surface area (Å²) < 4.78 is 7.27. The van der Waals surface area contributed by atoms with Crippen molar-refractivity contribution < 1.29 is 9.53 Å². The van der Waals surface area contributed by atoms with E-state index < -0.39 is 0 Å². The maximum atomic E-state index is 12.9. The minimum Gasteiger partial charge on any atom is -0.497 e. The molecule has 0 saturated carbocycles. The highest BCUT2D eigenvalue weighted by atomic mass is 16.5. The summed E-state index contributed by atoms with van der Waals surface area (Å²) in [7, 11) is 3.62. The molecule has 0 bridgehead atoms. The Morgan fingerprint density at radius 2 is 1.69 bits per heavy atom. The van der Waals surface area contributed by atoms with E-state index in [1.165, 1.54) is 0 Å². The number of rotatable bonds is 6. The third kappa shape index (κ3) is 3.99. The summed E-state index contributed by atoms with van der Waals surface area (Å²) in [6, 6.07) is 25.0. The van der Waals surface area contributed by atoms with Gasteiger partial charge in [-0.3, -0.25) is 4.79 Å². The van der Waals surface area contributed by atoms with Gasteiger partial charge in [0, 0.05) is 19.0 Å². The lowest BCUT2D eigenvalue weighted by atomic mass is 10.0. The summed E-state index contributed by atoms with van der Waals surface area (Å²) in [5, 5.41) is 3.17. The van der Waals surface area contributed by atoms with E-state index in [1.807, 2.05) is 55.6 Å². The van der Waals surface area contributed by atoms with Crippen LogP contribution in [-0.2, 0) is 13.5 Å². The van der Waals surface area contributed by atoms with Gasteiger partial charge in [-0.15, -0.1) is 0 Å². The molecule has 0 fully saturated rings. The lowest BCUT2D eigenvalue weighted by Gasteiger charge is -2.19. The van der Waals surface area contributed by atoms with Gasteiger partial charge in [-0.1, -0.05) is 42.5 Å². The normalized spacial score (nSPS) is 11.9. The van der Waals surface area contributed by atoms with Crippen LogP contribution >= 0.6 is 0 Å². The molecule has 0 saturated heterocycles. The highest BCUT2D eigenvalue weighted by Gasteiger charge is 2.19. The predicted octanol–water partition coefficient (Wildman–Crippen LogP) is 4.30. The Balaban J connectivity index is 1.62. The van der Waals surface area contributed by atoms with Crippen LogP contribution in [0.4, 0.5) is 0 Å². The van der Waals surface area contributed by atoms with Gasteiger partial charge in [-0.2, -0.15) is 0 Å². The molecule has 0 unspecified atom stereocenters. The van der Waals surface area contributed by atoms with Crippen LogP contribution in [0.15, 0.2) is 78.9 Å². The van der Waals surface area contributed by atoms with Crippen molar-refractivity contribution in [1.29, 1.82) is 0 Å². The van der Waals surface area contributed by atoms with Gasteiger partial charge in [0.05, 0.1) is 24.2 Å². The van der Waals surface area contributed by atoms with Crippen molar-refractivity contribution in [2.75, 3.05) is 7.11 Å². The Morgan fingerprint density at radius 1 is 1.00 bits per heavy atom. The fraction of sp³-hybridized carbons (Fsp3) is 0.167. The zero-order valence-corrected chi connectivity index (χ0v) is 16.5. The van der Waals surface area contributed by atoms with Gasteiger partial charge < -0.3 is 14.6 Å². The second kappa shape index (κ2) is 8.19. The number of aryl methyl sites for hydroxylation is 1. The molecule has 0 radical (unpaired) electrons. The van der Waals surface area contributed by atoms with Crippen LogP contribution in [0.3, 0.4) is 0 Å². The summed E-state index contributed by atoms with van der Waals surface area (Å²) in [5.74, 6) is 1.52. The van der Waals surface area contributed by atoms with Gasteiger partial charge in [0.2, 0.25) is 0 Å². The van der Waals surface area contributed by atoms with Crippen LogP contribution in [0, 0.1) is 0 Å². The number of carbonyl (C=O) groups is 1. The average Bonchev–Trinajstić information content (AvgIpc) is 3.09. The zero-order valence-electron chi connectivity index (χ0n) is 16.5. The molecule has 1 aromatic heterocycles. The summed E-state index contributed by atoms with van der Waals surface area (Å²) in [6.45, 7) is 0. The van der Waals surface area contributed by atoms with Gasteiger partial charge in [0.15, 0.2) is 0 Å². The molecule has 1 amide bonds. The SMILES string of the molecule is COc1ccc(C(=O)N[C@@H](Cc2nc3ccccc3n2C)c2ccccc2)cc1. The number of imidazole rings is 1. The lowest BCUT2D eigenvalue weighted by Crippen LogP contribution is -2.30. The van der Waals surface area contributed by atoms with Crippen LogP contribution in [-0.4, -0.2) is 22.6 Å². The van der Waals surface area contributed by atoms with Gasteiger partial charge in [-0.05, 0) is 42.0 Å². The van der Waals surface area contributed by atoms with Crippen molar-refractivity contribution in [3.8, 4) is 5.75 Å². The van der Waals surface area contributed by atoms with E-state index in [2.05, 4.69) is 16.0 Å². The molecule has 3 aromatic carbocycles. The molecular weight excluding hydrogens is 362 g/mol. The van der Waals surface area contributed by atoms with Crippen LogP contribution < -0.4 is 10.1 Å². The Labute approximate surface area is 170 Å². The number of amides is 1. The van der Waals surface area contributed by atoms with E-state index in [0.717, 1.165) is 28.2 Å². The molecule has 1 heterocycles. The van der Waals surface area contributed by atoms with E-state index in [-0.39, 0.29) is 11.9 Å². The first-order valence-corrected chi connectivity index (χ1v) is 9.56. The molecule has 0 aliphatic carbocycles. The van der Waals surface area contributed by atoms with Crippen LogP contribution in [0.25, 0.3) is 11.0 Å². The number of carbonyl (C=O) groups excluding carboxylic acids is 1. The zero-order chi connectivity index (χ0) is 20.2. The van der Waals surface area contributed by atoms with E-state index >= 15 is 0 Å². The van der Waals surface area contributed by atoms with Crippen molar-refractivity contribution in [3.63, 3.8) is 0 Å². The van der Waals surface area contributed by atoms with Gasteiger partial charge >= 0.3 is 0 Å². The largest absolute Gasteiger partial charge is 0.497 e. The molecule has 146 valence electrons. The van der Waals surface area contributed by atoms with Crippen molar-refractivity contribution in [1.82, 2.24) is 14.9 Å². The Kier molecular flexibility index (Phi) is 5.29. The molecule has 0 spiro atoms. The second-order valence-electron chi connectivity index (χ2n) is 6.95. The first-order valence-electron chi connectivity index (χ1n) is 9.56. The van der Waals surface area contributed by atoms with Gasteiger partial charge in [0.25, 0.3) is 5.91 Å². The van der Waals surface area contributed by atoms with E-state index in [1.54, 1.807) is 31.4 Å². The maximum Gasteiger partial charge on any atom is 0.251 e. The number of fused-ring (bicyclic) bond motifs is 1. The van der Waals surface area contributed by atoms with Crippen molar-refractivity contribution in [2.24, 2.45) is 7.05 Å². The third-order valence-electron chi connectivity index (χ3n) is 5.13. The summed E-state index contributed by atoms with van der Waals surface area (Å²) in [6.07, 6.45) is 0.594. The number of aromatic nitrogens is 2. The Bertz CT molecular complexity index is 1120. The number of ether oxygens (including phenoxy) is 1. The quantitative estimate of drug-likeness (QED) is 0.538. The number of nitrogens with one attached hydrogen (secondary N) is 1. The molecule has 1 atom stereocenters. The number of benzene rings is 3. The fourth-order valence-electron chi connectivity index (χ4n) is 3.48. The highest BCUT2D eigenvalue weighted by molar-refractivity contribution is 5.94. The third-order valence-corrected chi connectivity index (χ3v) is 5.13. The van der Waals surface area contributed by atoms with Crippen LogP contribution in [0.2, 0.25) is 0 Å². The first-order chi connectivity index (χ1) is 14.2. The predicted molar refractivity (Wildman–Crippen MR) is 114 cm³/mol. The number of hydrogen-bond acceptors (Lipinski definition) is 3. The Hall–Kier alpha value is -3.60. The number of nitrogens with zero attached hydrogens (tertiary/aromatic N) is 2. The van der Waals surface area contributed by atoms with Crippen molar-refractivity contribution in [2.45, 2.75) is 12.5 Å². The van der Waals surface area contributed by atoms with Crippen LogP contribution in [0.1, 0.15) is 27.8 Å². The summed E-state index contributed by atoms with van der Waals surface area (Å²) in [5.41, 5.74) is 3.67. The van der Waals surface area contributed by atoms with Crippen molar-refractivity contribution in [3.05, 3.63) is 95.8 Å². The monoisotopic (exact) mass is 385 g/mol. The maximum absolute atomic E-state index is 12.9. The second-order valence-corrected chi connectivity index (χ2v) is 6.95. The fourth-order valence-corrected chi connectivity index (χ4v) is 3.48. The molecule has 0 aliphatic rings. The minimum absolute atomic E-state index is 0.125. The molecule has 1 N–H and O–H groups in total. The van der Waals surface area contributed by atoms with Gasteiger partial charge in [-0.25, -0.2) is 4.98 Å². The number of hydrogen-bond donors (Lipinski definition) is 1. The lowest BCUT2D eigenvalue weighted by molar-refractivity contribution is 0.0936. The van der Waals surface area contributed by atoms with E-state index in [0.29, 0.717) is 12.0 Å². The molecule has 0 aliphatic heterocycles. The summed E-state index contributed by atoms with van der Waals surface area (Å²) in [4.78, 5) is 17.7. The molecule has 4 rings (SSSR count). The van der Waals surface area contributed by atoms with Gasteiger partial charge in [0.1, 0.15) is 11.6 Å². The molecular formula is C24H23N3O2. The average molecular weight is 385 g/mol. The van der Waals surface area contributed by atoms with E-state index in [9.17, 15) is 4.79 Å². The van der Waals surface area contributed by atoms with Crippen LogP contribution in [0.5, 0.6) is 5.75 Å². The summed E-state index contributed by atoms with van der Waals surface area (Å²) >= 11 is 0. The standard InChI is InChI=1S/C24H23N3O2/c1-27-22-11-7-6-10-20(22)25-23(27)16-21(17-8-4-3-5-9-17)26-24(28)18-12-14-19(29-2)15-13-18/h3-15,21H,16H2,1-2H3,(H,26,28)/t21-/m0/s1. The smallest absolute Gasteiger partial charge is 0.251 e. The van der Waals surface area contributed by atoms with Crippen molar-refractivity contribution >= 4 is 16.9 Å². The Morgan fingerprint density at radius 3 is 2.38 bits per heavy atom. The topological polar surface area (TPSA) is 56.1 Å². The molecule has 29 heavy (non-hydrogen) atoms. The first kappa shape index (κ1) is 18.7. The molecule has 5 heteroatoms. The highest BCUT2D eigenvalue weighted by Crippen LogP contribution is 2.22. The number of methoxy groups -OCH3 is 1. The number of para-hydroxylation sites is 2. The molecule has 5 nitrogen and oxygen atoms in total.